The Morgan fingerprint density at radius 2 is 2.06 bits per heavy atom. The fourth-order valence-corrected chi connectivity index (χ4v) is 1.24. The third-order valence-corrected chi connectivity index (χ3v) is 1.91. The zero-order chi connectivity index (χ0) is 12.3. The van der Waals surface area contributed by atoms with E-state index in [1.807, 2.05) is 0 Å². The molecule has 1 aromatic carbocycles. The molecule has 0 aromatic heterocycles. The number of benzene rings is 1. The normalized spacial score (nSPS) is 11.2. The van der Waals surface area contributed by atoms with E-state index in [-0.39, 0.29) is 5.02 Å². The zero-order valence-electron chi connectivity index (χ0n) is 7.71. The number of hydrogen-bond acceptors (Lipinski definition) is 2. The number of carboxylic acids is 1. The van der Waals surface area contributed by atoms with E-state index in [1.54, 1.807) is 0 Å². The van der Waals surface area contributed by atoms with Crippen molar-refractivity contribution in [3.05, 3.63) is 28.8 Å². The van der Waals surface area contributed by atoms with Crippen LogP contribution in [0.25, 0.3) is 0 Å². The molecule has 0 aliphatic carbocycles. The smallest absolute Gasteiger partial charge is 0.420 e. The van der Waals surface area contributed by atoms with Crippen molar-refractivity contribution in [1.29, 1.82) is 0 Å². The minimum atomic E-state index is -4.64. The third-order valence-electron chi connectivity index (χ3n) is 1.61. The number of rotatable bonds is 3. The first-order valence-electron chi connectivity index (χ1n) is 4.02. The van der Waals surface area contributed by atoms with E-state index in [1.165, 1.54) is 6.07 Å². The number of halogens is 4. The molecule has 0 bridgehead atoms. The van der Waals surface area contributed by atoms with Gasteiger partial charge in [0.1, 0.15) is 0 Å². The average molecular weight is 255 g/mol. The van der Waals surface area contributed by atoms with Crippen molar-refractivity contribution in [1.82, 2.24) is 0 Å². The summed E-state index contributed by atoms with van der Waals surface area (Å²) in [4.78, 5) is 10.2. The first-order valence-corrected chi connectivity index (χ1v) is 4.40. The van der Waals surface area contributed by atoms with Gasteiger partial charge in [-0.2, -0.15) is 13.2 Å². The summed E-state index contributed by atoms with van der Waals surface area (Å²) in [5.74, 6) is -2.05. The van der Waals surface area contributed by atoms with E-state index >= 15 is 0 Å². The molecule has 0 spiro atoms. The van der Waals surface area contributed by atoms with Crippen LogP contribution in [-0.2, 0) is 11.0 Å². The number of para-hydroxylation sites is 1. The van der Waals surface area contributed by atoms with Crippen LogP contribution >= 0.6 is 11.6 Å². The van der Waals surface area contributed by atoms with Crippen LogP contribution in [0.15, 0.2) is 18.2 Å². The number of ether oxygens (including phenoxy) is 1. The molecule has 1 rings (SSSR count). The Balaban J connectivity index is 3.09. The van der Waals surface area contributed by atoms with E-state index in [0.29, 0.717) is 0 Å². The average Bonchev–Trinajstić information content (AvgIpc) is 2.13. The Morgan fingerprint density at radius 1 is 1.44 bits per heavy atom. The van der Waals surface area contributed by atoms with Gasteiger partial charge >= 0.3 is 12.1 Å². The zero-order valence-corrected chi connectivity index (χ0v) is 8.47. The molecule has 0 saturated carbocycles. The Hall–Kier alpha value is -1.43. The van der Waals surface area contributed by atoms with Crippen LogP contribution in [0.2, 0.25) is 5.02 Å². The predicted octanol–water partition coefficient (Wildman–Crippen LogP) is 2.82. The fraction of sp³-hybridized carbons (Fsp3) is 0.222. The van der Waals surface area contributed by atoms with Crippen molar-refractivity contribution < 1.29 is 27.8 Å². The molecular weight excluding hydrogens is 249 g/mol. The molecule has 0 unspecified atom stereocenters. The molecule has 16 heavy (non-hydrogen) atoms. The summed E-state index contributed by atoms with van der Waals surface area (Å²) in [7, 11) is 0. The molecule has 1 aromatic rings. The Bertz CT molecular complexity index is 403. The van der Waals surface area contributed by atoms with Gasteiger partial charge in [-0.1, -0.05) is 17.7 Å². The van der Waals surface area contributed by atoms with Crippen molar-refractivity contribution in [3.63, 3.8) is 0 Å². The first-order chi connectivity index (χ1) is 7.32. The minimum absolute atomic E-state index is 0.281. The van der Waals surface area contributed by atoms with Crippen molar-refractivity contribution in [2.45, 2.75) is 6.18 Å². The third kappa shape index (κ3) is 3.03. The number of alkyl halides is 3. The number of aliphatic carboxylic acids is 1. The van der Waals surface area contributed by atoms with Gasteiger partial charge in [0.15, 0.2) is 12.4 Å². The number of carboxylic acid groups (broad SMARTS) is 1. The van der Waals surface area contributed by atoms with Crippen LogP contribution < -0.4 is 4.74 Å². The Morgan fingerprint density at radius 3 is 2.56 bits per heavy atom. The molecule has 0 saturated heterocycles. The molecule has 0 atom stereocenters. The second-order valence-corrected chi connectivity index (χ2v) is 3.20. The molecular formula is C9H6ClF3O3. The van der Waals surface area contributed by atoms with E-state index < -0.39 is 30.1 Å². The SMILES string of the molecule is O=C(O)COc1c(Cl)cccc1C(F)(F)F. The maximum absolute atomic E-state index is 12.5. The second-order valence-electron chi connectivity index (χ2n) is 2.80. The van der Waals surface area contributed by atoms with Gasteiger partial charge in [-0.25, -0.2) is 4.79 Å². The lowest BCUT2D eigenvalue weighted by atomic mass is 10.2. The monoisotopic (exact) mass is 254 g/mol. The highest BCUT2D eigenvalue weighted by atomic mass is 35.5. The number of carbonyl (C=O) groups is 1. The molecule has 88 valence electrons. The molecule has 0 aliphatic heterocycles. The van der Waals surface area contributed by atoms with Gasteiger partial charge in [0, 0.05) is 0 Å². The molecule has 7 heteroatoms. The molecule has 0 radical (unpaired) electrons. The van der Waals surface area contributed by atoms with Gasteiger partial charge in [-0.15, -0.1) is 0 Å². The standard InChI is InChI=1S/C9H6ClF3O3/c10-6-3-1-2-5(9(11,12)13)8(6)16-4-7(14)15/h1-3H,4H2,(H,14,15). The van der Waals surface area contributed by atoms with Crippen molar-refractivity contribution in [3.8, 4) is 5.75 Å². The Kier molecular flexibility index (Phi) is 3.64. The van der Waals surface area contributed by atoms with Crippen LogP contribution in [0.5, 0.6) is 5.75 Å². The van der Waals surface area contributed by atoms with E-state index in [2.05, 4.69) is 4.74 Å². The van der Waals surface area contributed by atoms with E-state index in [9.17, 15) is 18.0 Å². The van der Waals surface area contributed by atoms with Crippen molar-refractivity contribution in [2.24, 2.45) is 0 Å². The van der Waals surface area contributed by atoms with Crippen LogP contribution in [0, 0.1) is 0 Å². The van der Waals surface area contributed by atoms with Crippen molar-refractivity contribution >= 4 is 17.6 Å². The van der Waals surface area contributed by atoms with Gasteiger partial charge in [0.25, 0.3) is 0 Å². The molecule has 0 heterocycles. The summed E-state index contributed by atoms with van der Waals surface area (Å²) in [6, 6.07) is 3.07. The highest BCUT2D eigenvalue weighted by Gasteiger charge is 2.35. The lowest BCUT2D eigenvalue weighted by Gasteiger charge is -2.13. The molecule has 0 aliphatic rings. The van der Waals surface area contributed by atoms with Crippen LogP contribution in [0.4, 0.5) is 13.2 Å². The van der Waals surface area contributed by atoms with Gasteiger partial charge in [0.2, 0.25) is 0 Å². The summed E-state index contributed by atoms with van der Waals surface area (Å²) >= 11 is 5.50. The molecule has 0 fully saturated rings. The maximum Gasteiger partial charge on any atom is 0.420 e. The topological polar surface area (TPSA) is 46.5 Å². The summed E-state index contributed by atoms with van der Waals surface area (Å²) in [5, 5.41) is 8.03. The van der Waals surface area contributed by atoms with Gasteiger partial charge in [-0.05, 0) is 12.1 Å². The van der Waals surface area contributed by atoms with Crippen molar-refractivity contribution in [2.75, 3.05) is 6.61 Å². The van der Waals surface area contributed by atoms with Gasteiger partial charge < -0.3 is 9.84 Å². The van der Waals surface area contributed by atoms with Gasteiger partial charge in [-0.3, -0.25) is 0 Å². The van der Waals surface area contributed by atoms with Crippen LogP contribution in [0.3, 0.4) is 0 Å². The summed E-state index contributed by atoms with van der Waals surface area (Å²) < 4.78 is 41.9. The lowest BCUT2D eigenvalue weighted by molar-refractivity contribution is -0.143. The second kappa shape index (κ2) is 4.61. The predicted molar refractivity (Wildman–Crippen MR) is 49.6 cm³/mol. The molecule has 0 amide bonds. The van der Waals surface area contributed by atoms with Crippen LogP contribution in [0.1, 0.15) is 5.56 Å². The minimum Gasteiger partial charge on any atom is -0.480 e. The van der Waals surface area contributed by atoms with E-state index in [0.717, 1.165) is 12.1 Å². The highest BCUT2D eigenvalue weighted by Crippen LogP contribution is 2.39. The quantitative estimate of drug-likeness (QED) is 0.902. The van der Waals surface area contributed by atoms with Gasteiger partial charge in [0.05, 0.1) is 10.6 Å². The van der Waals surface area contributed by atoms with E-state index in [4.69, 9.17) is 16.7 Å². The first kappa shape index (κ1) is 12.6. The summed E-state index contributed by atoms with van der Waals surface area (Å²) in [6.45, 7) is -0.882. The summed E-state index contributed by atoms with van der Waals surface area (Å²) in [5.41, 5.74) is -1.10. The molecule has 1 N–H and O–H groups in total. The van der Waals surface area contributed by atoms with Crippen LogP contribution in [-0.4, -0.2) is 17.7 Å². The highest BCUT2D eigenvalue weighted by molar-refractivity contribution is 6.32. The largest absolute Gasteiger partial charge is 0.480 e. The molecule has 3 nitrogen and oxygen atoms in total. The Labute approximate surface area is 93.4 Å². The number of hydrogen-bond donors (Lipinski definition) is 1. The maximum atomic E-state index is 12.5. The summed E-state index contributed by atoms with van der Waals surface area (Å²) in [6.07, 6.45) is -4.64. The fourth-order valence-electron chi connectivity index (χ4n) is 1.01. The lowest BCUT2D eigenvalue weighted by Crippen LogP contribution is -2.14.